The Morgan fingerprint density at radius 1 is 1.62 bits per heavy atom. The fraction of sp³-hybridized carbons (Fsp3) is 0.700. The van der Waals surface area contributed by atoms with Gasteiger partial charge in [0.15, 0.2) is 0 Å². The van der Waals surface area contributed by atoms with Gasteiger partial charge in [-0.1, -0.05) is 18.3 Å². The van der Waals surface area contributed by atoms with E-state index in [4.69, 9.17) is 0 Å². The maximum atomic E-state index is 12.0. The molecule has 0 aliphatic carbocycles. The Balaban J connectivity index is 2.01. The van der Waals surface area contributed by atoms with Crippen molar-refractivity contribution in [2.45, 2.75) is 26.7 Å². The van der Waals surface area contributed by atoms with Crippen molar-refractivity contribution < 1.29 is 4.79 Å². The zero-order valence-corrected chi connectivity index (χ0v) is 10.4. The Bertz CT molecular complexity index is 384. The van der Waals surface area contributed by atoms with Crippen molar-refractivity contribution in [3.05, 3.63) is 5.01 Å². The van der Waals surface area contributed by atoms with E-state index >= 15 is 0 Å². The average Bonchev–Trinajstić information content (AvgIpc) is 2.88. The number of rotatable bonds is 3. The molecule has 6 heteroatoms. The molecule has 0 radical (unpaired) electrons. The summed E-state index contributed by atoms with van der Waals surface area (Å²) in [6, 6.07) is 0. The lowest BCUT2D eigenvalue weighted by Gasteiger charge is -2.20. The SMILES string of the molecule is CCc1nnc(NC(=O)C2(C)CCNC2)s1. The van der Waals surface area contributed by atoms with Gasteiger partial charge >= 0.3 is 0 Å². The van der Waals surface area contributed by atoms with E-state index in [9.17, 15) is 4.79 Å². The van der Waals surface area contributed by atoms with Gasteiger partial charge in [0, 0.05) is 6.54 Å². The molecule has 1 fully saturated rings. The van der Waals surface area contributed by atoms with E-state index < -0.39 is 0 Å². The van der Waals surface area contributed by atoms with Gasteiger partial charge in [-0.3, -0.25) is 4.79 Å². The van der Waals surface area contributed by atoms with Crippen molar-refractivity contribution in [3.8, 4) is 0 Å². The number of anilines is 1. The molecule has 1 aliphatic heterocycles. The van der Waals surface area contributed by atoms with Gasteiger partial charge in [-0.25, -0.2) is 0 Å². The molecule has 1 atom stereocenters. The smallest absolute Gasteiger partial charge is 0.233 e. The van der Waals surface area contributed by atoms with Crippen LogP contribution in [-0.4, -0.2) is 29.2 Å². The van der Waals surface area contributed by atoms with E-state index in [0.717, 1.165) is 30.9 Å². The summed E-state index contributed by atoms with van der Waals surface area (Å²) in [7, 11) is 0. The molecule has 5 nitrogen and oxygen atoms in total. The number of aromatic nitrogens is 2. The van der Waals surface area contributed by atoms with Gasteiger partial charge < -0.3 is 10.6 Å². The first kappa shape index (κ1) is 11.5. The van der Waals surface area contributed by atoms with Gasteiger partial charge in [0.05, 0.1) is 5.41 Å². The minimum Gasteiger partial charge on any atom is -0.316 e. The maximum Gasteiger partial charge on any atom is 0.233 e. The van der Waals surface area contributed by atoms with E-state index in [-0.39, 0.29) is 11.3 Å². The molecule has 0 aromatic carbocycles. The molecule has 0 saturated carbocycles. The van der Waals surface area contributed by atoms with Crippen LogP contribution < -0.4 is 10.6 Å². The third-order valence-corrected chi connectivity index (χ3v) is 3.89. The first-order valence-electron chi connectivity index (χ1n) is 5.48. The van der Waals surface area contributed by atoms with Crippen LogP contribution in [0.3, 0.4) is 0 Å². The number of carbonyl (C=O) groups is 1. The highest BCUT2D eigenvalue weighted by Gasteiger charge is 2.36. The van der Waals surface area contributed by atoms with E-state index in [0.29, 0.717) is 5.13 Å². The summed E-state index contributed by atoms with van der Waals surface area (Å²) in [6.45, 7) is 5.64. The predicted molar refractivity (Wildman–Crippen MR) is 63.5 cm³/mol. The number of amides is 1. The lowest BCUT2D eigenvalue weighted by atomic mass is 9.89. The lowest BCUT2D eigenvalue weighted by Crippen LogP contribution is -2.35. The molecule has 1 amide bonds. The molecule has 1 saturated heterocycles. The van der Waals surface area contributed by atoms with E-state index in [1.54, 1.807) is 0 Å². The molecule has 88 valence electrons. The zero-order valence-electron chi connectivity index (χ0n) is 9.54. The Morgan fingerprint density at radius 3 is 3.00 bits per heavy atom. The van der Waals surface area contributed by atoms with E-state index in [1.807, 2.05) is 13.8 Å². The van der Waals surface area contributed by atoms with Crippen LogP contribution >= 0.6 is 11.3 Å². The highest BCUT2D eigenvalue weighted by molar-refractivity contribution is 7.15. The van der Waals surface area contributed by atoms with Crippen LogP contribution in [-0.2, 0) is 11.2 Å². The fourth-order valence-electron chi connectivity index (χ4n) is 1.71. The zero-order chi connectivity index (χ0) is 11.6. The second-order valence-corrected chi connectivity index (χ2v) is 5.36. The quantitative estimate of drug-likeness (QED) is 0.828. The Morgan fingerprint density at radius 2 is 2.44 bits per heavy atom. The van der Waals surface area contributed by atoms with Crippen molar-refractivity contribution in [2.75, 3.05) is 18.4 Å². The van der Waals surface area contributed by atoms with Gasteiger partial charge in [0.1, 0.15) is 5.01 Å². The maximum absolute atomic E-state index is 12.0. The minimum absolute atomic E-state index is 0.0382. The topological polar surface area (TPSA) is 66.9 Å². The third-order valence-electron chi connectivity index (χ3n) is 2.91. The third kappa shape index (κ3) is 2.22. The van der Waals surface area contributed by atoms with Crippen LogP contribution in [0.5, 0.6) is 0 Å². The summed E-state index contributed by atoms with van der Waals surface area (Å²) < 4.78 is 0. The fourth-order valence-corrected chi connectivity index (χ4v) is 2.38. The number of nitrogens with zero attached hydrogens (tertiary/aromatic N) is 2. The summed E-state index contributed by atoms with van der Waals surface area (Å²) in [6.07, 6.45) is 1.73. The van der Waals surface area contributed by atoms with Gasteiger partial charge in [0.25, 0.3) is 0 Å². The first-order chi connectivity index (χ1) is 7.64. The van der Waals surface area contributed by atoms with Crippen LogP contribution in [0.4, 0.5) is 5.13 Å². The molecule has 1 aromatic rings. The summed E-state index contributed by atoms with van der Waals surface area (Å²) >= 11 is 1.44. The van der Waals surface area contributed by atoms with Crippen molar-refractivity contribution in [1.29, 1.82) is 0 Å². The van der Waals surface area contributed by atoms with Crippen LogP contribution in [0.25, 0.3) is 0 Å². The van der Waals surface area contributed by atoms with Crippen LogP contribution in [0.15, 0.2) is 0 Å². The molecular weight excluding hydrogens is 224 g/mol. The molecule has 2 heterocycles. The normalized spacial score (nSPS) is 24.6. The number of aryl methyl sites for hydroxylation is 1. The van der Waals surface area contributed by atoms with Gasteiger partial charge in [0.2, 0.25) is 11.0 Å². The first-order valence-corrected chi connectivity index (χ1v) is 6.30. The van der Waals surface area contributed by atoms with Crippen LogP contribution in [0.1, 0.15) is 25.3 Å². The number of nitrogens with one attached hydrogen (secondary N) is 2. The van der Waals surface area contributed by atoms with Crippen molar-refractivity contribution in [1.82, 2.24) is 15.5 Å². The highest BCUT2D eigenvalue weighted by atomic mass is 32.1. The standard InChI is InChI=1S/C10H16N4OS/c1-3-7-13-14-9(16-7)12-8(15)10(2)4-5-11-6-10/h11H,3-6H2,1-2H3,(H,12,14,15). The Hall–Kier alpha value is -1.01. The molecule has 0 bridgehead atoms. The summed E-state index contributed by atoms with van der Waals surface area (Å²) in [5.74, 6) is 0.0382. The molecule has 2 N–H and O–H groups in total. The van der Waals surface area contributed by atoms with Gasteiger partial charge in [-0.05, 0) is 26.3 Å². The van der Waals surface area contributed by atoms with Gasteiger partial charge in [-0.2, -0.15) is 0 Å². The van der Waals surface area contributed by atoms with E-state index in [2.05, 4.69) is 20.8 Å². The largest absolute Gasteiger partial charge is 0.316 e. The lowest BCUT2D eigenvalue weighted by molar-refractivity contribution is -0.123. The van der Waals surface area contributed by atoms with Crippen LogP contribution in [0, 0.1) is 5.41 Å². The van der Waals surface area contributed by atoms with Crippen molar-refractivity contribution >= 4 is 22.4 Å². The van der Waals surface area contributed by atoms with Crippen molar-refractivity contribution in [2.24, 2.45) is 5.41 Å². The number of hydrogen-bond donors (Lipinski definition) is 2. The molecule has 0 spiro atoms. The summed E-state index contributed by atoms with van der Waals surface area (Å²) in [5.41, 5.74) is -0.307. The number of hydrogen-bond acceptors (Lipinski definition) is 5. The summed E-state index contributed by atoms with van der Waals surface area (Å²) in [5, 5.41) is 15.5. The van der Waals surface area contributed by atoms with Crippen LogP contribution in [0.2, 0.25) is 0 Å². The second-order valence-electron chi connectivity index (χ2n) is 4.30. The molecular formula is C10H16N4OS. The molecule has 16 heavy (non-hydrogen) atoms. The summed E-state index contributed by atoms with van der Waals surface area (Å²) in [4.78, 5) is 12.0. The Kier molecular flexibility index (Phi) is 3.20. The average molecular weight is 240 g/mol. The van der Waals surface area contributed by atoms with Crippen molar-refractivity contribution in [3.63, 3.8) is 0 Å². The molecule has 2 rings (SSSR count). The molecule has 1 aromatic heterocycles. The Labute approximate surface area is 98.7 Å². The van der Waals surface area contributed by atoms with E-state index in [1.165, 1.54) is 11.3 Å². The predicted octanol–water partition coefficient (Wildman–Crippen LogP) is 1.04. The number of carbonyl (C=O) groups excluding carboxylic acids is 1. The molecule has 1 aliphatic rings. The monoisotopic (exact) mass is 240 g/mol. The molecule has 1 unspecified atom stereocenters. The van der Waals surface area contributed by atoms with Gasteiger partial charge in [-0.15, -0.1) is 10.2 Å². The second kappa shape index (κ2) is 4.47. The minimum atomic E-state index is -0.307. The highest BCUT2D eigenvalue weighted by Crippen LogP contribution is 2.27.